The Morgan fingerprint density at radius 3 is 2.40 bits per heavy atom. The minimum atomic E-state index is -1.13. The molecule has 1 atom stereocenters. The van der Waals surface area contributed by atoms with Crippen LogP contribution in [0.1, 0.15) is 20.3 Å². The number of rotatable bonds is 9. The number of nitrogens with one attached hydrogen (secondary N) is 2. The van der Waals surface area contributed by atoms with E-state index in [1.165, 1.54) is 0 Å². The van der Waals surface area contributed by atoms with Crippen LogP contribution in [0.3, 0.4) is 0 Å². The van der Waals surface area contributed by atoms with Crippen molar-refractivity contribution < 1.29 is 24.2 Å². The molecule has 0 radical (unpaired) electrons. The fraction of sp³-hybridized carbons (Fsp3) is 0.750. The lowest BCUT2D eigenvalue weighted by Crippen LogP contribution is -2.49. The van der Waals surface area contributed by atoms with Crippen molar-refractivity contribution >= 4 is 17.9 Å². The SMILES string of the molecule is CCC(C)N(CCOC)C(=O)NCC(=O)NCC(=O)O. The van der Waals surface area contributed by atoms with Crippen LogP contribution in [0.5, 0.6) is 0 Å². The minimum Gasteiger partial charge on any atom is -0.480 e. The largest absolute Gasteiger partial charge is 0.480 e. The summed E-state index contributed by atoms with van der Waals surface area (Å²) in [4.78, 5) is 35.1. The van der Waals surface area contributed by atoms with Crippen molar-refractivity contribution in [1.82, 2.24) is 15.5 Å². The van der Waals surface area contributed by atoms with E-state index >= 15 is 0 Å². The predicted molar refractivity (Wildman–Crippen MR) is 72.4 cm³/mol. The maximum Gasteiger partial charge on any atom is 0.322 e. The van der Waals surface area contributed by atoms with E-state index in [0.29, 0.717) is 13.2 Å². The Hall–Kier alpha value is -1.83. The third kappa shape index (κ3) is 7.57. The summed E-state index contributed by atoms with van der Waals surface area (Å²) in [5, 5.41) is 13.0. The molecule has 20 heavy (non-hydrogen) atoms. The number of carboxylic acid groups (broad SMARTS) is 1. The molecule has 0 heterocycles. The van der Waals surface area contributed by atoms with Crippen LogP contribution in [-0.2, 0) is 14.3 Å². The molecule has 0 saturated heterocycles. The van der Waals surface area contributed by atoms with Gasteiger partial charge in [0.15, 0.2) is 0 Å². The maximum atomic E-state index is 12.0. The van der Waals surface area contributed by atoms with Gasteiger partial charge in [0.1, 0.15) is 6.54 Å². The third-order valence-corrected chi connectivity index (χ3v) is 2.76. The predicted octanol–water partition coefficient (Wildman–Crippen LogP) is -0.356. The van der Waals surface area contributed by atoms with Gasteiger partial charge in [0.2, 0.25) is 5.91 Å². The molecule has 0 spiro atoms. The molecule has 0 bridgehead atoms. The number of amides is 3. The Morgan fingerprint density at radius 2 is 1.90 bits per heavy atom. The zero-order chi connectivity index (χ0) is 15.5. The van der Waals surface area contributed by atoms with Gasteiger partial charge in [-0.2, -0.15) is 0 Å². The number of carbonyl (C=O) groups is 3. The lowest BCUT2D eigenvalue weighted by molar-refractivity contribution is -0.137. The van der Waals surface area contributed by atoms with Crippen molar-refractivity contribution in [2.75, 3.05) is 33.4 Å². The van der Waals surface area contributed by atoms with Crippen molar-refractivity contribution in [2.45, 2.75) is 26.3 Å². The molecule has 8 heteroatoms. The number of urea groups is 1. The van der Waals surface area contributed by atoms with Crippen molar-refractivity contribution in [3.05, 3.63) is 0 Å². The van der Waals surface area contributed by atoms with Crippen LogP contribution in [-0.4, -0.2) is 67.3 Å². The molecule has 0 aliphatic heterocycles. The normalized spacial score (nSPS) is 11.6. The Morgan fingerprint density at radius 1 is 1.25 bits per heavy atom. The standard InChI is InChI=1S/C12H23N3O5/c1-4-9(2)15(5-6-20-3)12(19)14-7-10(16)13-8-11(17)18/h9H,4-8H2,1-3H3,(H,13,16)(H,14,19)(H,17,18). The second-order valence-electron chi connectivity index (χ2n) is 4.27. The fourth-order valence-electron chi connectivity index (χ4n) is 1.43. The van der Waals surface area contributed by atoms with E-state index in [9.17, 15) is 14.4 Å². The van der Waals surface area contributed by atoms with Crippen LogP contribution in [0.15, 0.2) is 0 Å². The van der Waals surface area contributed by atoms with Crippen molar-refractivity contribution in [3.8, 4) is 0 Å². The summed E-state index contributed by atoms with van der Waals surface area (Å²) in [7, 11) is 1.55. The van der Waals surface area contributed by atoms with Gasteiger partial charge in [0.05, 0.1) is 13.2 Å². The molecular weight excluding hydrogens is 266 g/mol. The average molecular weight is 289 g/mol. The third-order valence-electron chi connectivity index (χ3n) is 2.76. The monoisotopic (exact) mass is 289 g/mol. The molecule has 3 amide bonds. The molecule has 0 aliphatic rings. The fourth-order valence-corrected chi connectivity index (χ4v) is 1.43. The zero-order valence-electron chi connectivity index (χ0n) is 12.1. The van der Waals surface area contributed by atoms with Crippen LogP contribution in [0, 0.1) is 0 Å². The highest BCUT2D eigenvalue weighted by molar-refractivity contribution is 5.86. The van der Waals surface area contributed by atoms with Gasteiger partial charge < -0.3 is 25.4 Å². The first-order valence-corrected chi connectivity index (χ1v) is 6.44. The van der Waals surface area contributed by atoms with E-state index in [-0.39, 0.29) is 18.6 Å². The summed E-state index contributed by atoms with van der Waals surface area (Å²) < 4.78 is 4.94. The van der Waals surface area contributed by atoms with Crippen LogP contribution in [0.4, 0.5) is 4.79 Å². The van der Waals surface area contributed by atoms with Gasteiger partial charge in [0.25, 0.3) is 0 Å². The van der Waals surface area contributed by atoms with E-state index < -0.39 is 18.4 Å². The van der Waals surface area contributed by atoms with Gasteiger partial charge in [-0.25, -0.2) is 4.79 Å². The number of ether oxygens (including phenoxy) is 1. The lowest BCUT2D eigenvalue weighted by atomic mass is 10.2. The van der Waals surface area contributed by atoms with Gasteiger partial charge >= 0.3 is 12.0 Å². The van der Waals surface area contributed by atoms with E-state index in [0.717, 1.165) is 6.42 Å². The number of methoxy groups -OCH3 is 1. The van der Waals surface area contributed by atoms with Crippen LogP contribution < -0.4 is 10.6 Å². The first-order valence-electron chi connectivity index (χ1n) is 6.44. The topological polar surface area (TPSA) is 108 Å². The zero-order valence-corrected chi connectivity index (χ0v) is 12.1. The molecule has 0 aromatic heterocycles. The summed E-state index contributed by atoms with van der Waals surface area (Å²) >= 11 is 0. The minimum absolute atomic E-state index is 0.0206. The number of carbonyl (C=O) groups excluding carboxylic acids is 2. The smallest absolute Gasteiger partial charge is 0.322 e. The van der Waals surface area contributed by atoms with Gasteiger partial charge in [-0.15, -0.1) is 0 Å². The second kappa shape index (κ2) is 10.0. The van der Waals surface area contributed by atoms with Gasteiger partial charge in [-0.1, -0.05) is 6.92 Å². The highest BCUT2D eigenvalue weighted by atomic mass is 16.5. The van der Waals surface area contributed by atoms with E-state index in [1.807, 2.05) is 13.8 Å². The van der Waals surface area contributed by atoms with Crippen molar-refractivity contribution in [2.24, 2.45) is 0 Å². The molecule has 3 N–H and O–H groups in total. The molecule has 1 unspecified atom stereocenters. The molecule has 116 valence electrons. The Kier molecular flexibility index (Phi) is 9.10. The summed E-state index contributed by atoms with van der Waals surface area (Å²) in [5.41, 5.74) is 0. The highest BCUT2D eigenvalue weighted by Gasteiger charge is 2.18. The van der Waals surface area contributed by atoms with Gasteiger partial charge in [-0.3, -0.25) is 9.59 Å². The molecule has 0 aromatic rings. The second-order valence-corrected chi connectivity index (χ2v) is 4.27. The molecule has 0 aromatic carbocycles. The molecule has 8 nitrogen and oxygen atoms in total. The Balaban J connectivity index is 4.24. The first-order chi connectivity index (χ1) is 9.42. The number of hydrogen-bond acceptors (Lipinski definition) is 4. The number of hydrogen-bond donors (Lipinski definition) is 3. The van der Waals surface area contributed by atoms with E-state index in [2.05, 4.69) is 10.6 Å². The number of carboxylic acids is 1. The number of aliphatic carboxylic acids is 1. The Bertz CT molecular complexity index is 335. The first kappa shape index (κ1) is 18.2. The van der Waals surface area contributed by atoms with Crippen LogP contribution in [0.2, 0.25) is 0 Å². The maximum absolute atomic E-state index is 12.0. The molecule has 0 fully saturated rings. The molecule has 0 aliphatic carbocycles. The number of nitrogens with zero attached hydrogens (tertiary/aromatic N) is 1. The summed E-state index contributed by atoms with van der Waals surface area (Å²) in [5.74, 6) is -1.68. The molecule has 0 saturated carbocycles. The van der Waals surface area contributed by atoms with Crippen molar-refractivity contribution in [3.63, 3.8) is 0 Å². The van der Waals surface area contributed by atoms with Crippen LogP contribution >= 0.6 is 0 Å². The Labute approximate surface area is 118 Å². The van der Waals surface area contributed by atoms with Gasteiger partial charge in [0, 0.05) is 19.7 Å². The summed E-state index contributed by atoms with van der Waals surface area (Å²) in [6.07, 6.45) is 0.780. The van der Waals surface area contributed by atoms with E-state index in [4.69, 9.17) is 9.84 Å². The summed E-state index contributed by atoms with van der Waals surface area (Å²) in [6, 6.07) is -0.353. The molecular formula is C12H23N3O5. The lowest BCUT2D eigenvalue weighted by Gasteiger charge is -2.28. The quantitative estimate of drug-likeness (QED) is 0.537. The van der Waals surface area contributed by atoms with Crippen LogP contribution in [0.25, 0.3) is 0 Å². The van der Waals surface area contributed by atoms with Gasteiger partial charge in [-0.05, 0) is 13.3 Å². The van der Waals surface area contributed by atoms with E-state index in [1.54, 1.807) is 12.0 Å². The average Bonchev–Trinajstić information content (AvgIpc) is 2.42. The van der Waals surface area contributed by atoms with Crippen molar-refractivity contribution in [1.29, 1.82) is 0 Å². The highest BCUT2D eigenvalue weighted by Crippen LogP contribution is 2.03. The summed E-state index contributed by atoms with van der Waals surface area (Å²) in [6.45, 7) is 3.97. The molecule has 0 rings (SSSR count).